The van der Waals surface area contributed by atoms with E-state index in [2.05, 4.69) is 54.1 Å². The number of ether oxygens (including phenoxy) is 1. The molecule has 0 unspecified atom stereocenters. The lowest BCUT2D eigenvalue weighted by Crippen LogP contribution is -2.23. The van der Waals surface area contributed by atoms with E-state index < -0.39 is 0 Å². The maximum Gasteiger partial charge on any atom is 0.208 e. The number of benzene rings is 2. The zero-order chi connectivity index (χ0) is 20.1. The number of anilines is 1. The van der Waals surface area contributed by atoms with E-state index in [4.69, 9.17) is 16.3 Å². The van der Waals surface area contributed by atoms with Gasteiger partial charge in [0.1, 0.15) is 10.8 Å². The van der Waals surface area contributed by atoms with Crippen molar-refractivity contribution in [3.8, 4) is 16.3 Å². The van der Waals surface area contributed by atoms with Crippen molar-refractivity contribution in [2.24, 2.45) is 0 Å². The Kier molecular flexibility index (Phi) is 6.92. The second-order valence-corrected chi connectivity index (χ2v) is 8.26. The number of nitrogens with zero attached hydrogens (tertiary/aromatic N) is 3. The fraction of sp³-hybridized carbons (Fsp3) is 0.364. The monoisotopic (exact) mass is 415 g/mol. The van der Waals surface area contributed by atoms with E-state index in [9.17, 15) is 0 Å². The van der Waals surface area contributed by atoms with E-state index in [-0.39, 0.29) is 0 Å². The molecule has 1 aromatic heterocycles. The summed E-state index contributed by atoms with van der Waals surface area (Å²) in [5, 5.41) is 11.6. The minimum absolute atomic E-state index is 0.731. The number of hydrogen-bond acceptors (Lipinski definition) is 5. The van der Waals surface area contributed by atoms with Gasteiger partial charge < -0.3 is 9.64 Å². The van der Waals surface area contributed by atoms with Crippen molar-refractivity contribution in [1.29, 1.82) is 0 Å². The van der Waals surface area contributed by atoms with E-state index in [1.165, 1.54) is 0 Å². The van der Waals surface area contributed by atoms with Gasteiger partial charge in [-0.3, -0.25) is 0 Å². The quantitative estimate of drug-likeness (QED) is 0.433. The highest BCUT2D eigenvalue weighted by Gasteiger charge is 2.16. The Morgan fingerprint density at radius 1 is 1.11 bits per heavy atom. The predicted octanol–water partition coefficient (Wildman–Crippen LogP) is 6.29. The van der Waals surface area contributed by atoms with Gasteiger partial charge in [-0.15, -0.1) is 10.2 Å². The molecule has 0 N–H and O–H groups in total. The lowest BCUT2D eigenvalue weighted by molar-refractivity contribution is 0.408. The summed E-state index contributed by atoms with van der Waals surface area (Å²) in [7, 11) is 1.71. The van der Waals surface area contributed by atoms with Crippen LogP contribution in [0.5, 0.6) is 5.75 Å². The Labute approximate surface area is 176 Å². The van der Waals surface area contributed by atoms with Gasteiger partial charge in [0, 0.05) is 23.7 Å². The largest absolute Gasteiger partial charge is 0.496 e. The summed E-state index contributed by atoms with van der Waals surface area (Å²) in [5.41, 5.74) is 4.39. The zero-order valence-electron chi connectivity index (χ0n) is 16.8. The van der Waals surface area contributed by atoms with Crippen LogP contribution in [0.2, 0.25) is 5.02 Å². The third kappa shape index (κ3) is 4.65. The Hall–Kier alpha value is -2.11. The zero-order valence-corrected chi connectivity index (χ0v) is 18.4. The molecular weight excluding hydrogens is 390 g/mol. The van der Waals surface area contributed by atoms with Crippen molar-refractivity contribution in [3.05, 3.63) is 58.1 Å². The molecule has 0 radical (unpaired) electrons. The Bertz CT molecular complexity index is 918. The molecule has 2 aromatic carbocycles. The van der Waals surface area contributed by atoms with Crippen molar-refractivity contribution < 1.29 is 4.74 Å². The first kappa shape index (κ1) is 20.6. The summed E-state index contributed by atoms with van der Waals surface area (Å²) >= 11 is 8.00. The van der Waals surface area contributed by atoms with E-state index >= 15 is 0 Å². The fourth-order valence-electron chi connectivity index (χ4n) is 3.28. The van der Waals surface area contributed by atoms with Crippen LogP contribution in [0.15, 0.2) is 36.4 Å². The van der Waals surface area contributed by atoms with E-state index in [0.29, 0.717) is 0 Å². The van der Waals surface area contributed by atoms with Crippen LogP contribution in [-0.4, -0.2) is 23.9 Å². The molecule has 0 aliphatic heterocycles. The fourth-order valence-corrected chi connectivity index (χ4v) is 4.33. The van der Waals surface area contributed by atoms with Crippen molar-refractivity contribution in [2.45, 2.75) is 40.2 Å². The molecule has 0 fully saturated rings. The first-order valence-corrected chi connectivity index (χ1v) is 10.7. The highest BCUT2D eigenvalue weighted by molar-refractivity contribution is 7.18. The van der Waals surface area contributed by atoms with Crippen LogP contribution in [0, 0.1) is 13.8 Å². The van der Waals surface area contributed by atoms with Gasteiger partial charge in [0.25, 0.3) is 0 Å². The van der Waals surface area contributed by atoms with Gasteiger partial charge in [0.2, 0.25) is 5.13 Å². The van der Waals surface area contributed by atoms with Gasteiger partial charge in [0.15, 0.2) is 0 Å². The Morgan fingerprint density at radius 3 is 2.46 bits per heavy atom. The average Bonchev–Trinajstić information content (AvgIpc) is 3.16. The van der Waals surface area contributed by atoms with Crippen LogP contribution in [0.1, 0.15) is 36.5 Å². The molecule has 4 nitrogen and oxygen atoms in total. The molecule has 3 aromatic rings. The summed E-state index contributed by atoms with van der Waals surface area (Å²) in [6.45, 7) is 7.97. The van der Waals surface area contributed by atoms with E-state index in [1.54, 1.807) is 18.4 Å². The molecule has 28 heavy (non-hydrogen) atoms. The number of aromatic nitrogens is 2. The number of rotatable bonds is 8. The molecule has 148 valence electrons. The molecule has 1 heterocycles. The van der Waals surface area contributed by atoms with Crippen LogP contribution < -0.4 is 9.64 Å². The number of unbranched alkanes of at least 4 members (excludes halogenated alkanes) is 1. The summed E-state index contributed by atoms with van der Waals surface area (Å²) in [6.07, 6.45) is 2.22. The normalized spacial score (nSPS) is 10.9. The minimum atomic E-state index is 0.731. The number of aryl methyl sites for hydroxylation is 2. The Balaban J connectivity index is 1.89. The minimum Gasteiger partial charge on any atom is -0.496 e. The lowest BCUT2D eigenvalue weighted by Gasteiger charge is -2.21. The van der Waals surface area contributed by atoms with Crippen LogP contribution in [0.25, 0.3) is 10.6 Å². The summed E-state index contributed by atoms with van der Waals surface area (Å²) in [6, 6.07) is 12.2. The molecular formula is C22H26ClN3OS. The van der Waals surface area contributed by atoms with Gasteiger partial charge >= 0.3 is 0 Å². The number of halogens is 1. The van der Waals surface area contributed by atoms with E-state index in [0.717, 1.165) is 69.1 Å². The standard InChI is InChI=1S/C22H26ClN3OS/c1-5-6-11-26(14-17-9-7-8-10-19(17)23)22-25-24-21(28-22)18-12-15(2)20(27-4)16(3)13-18/h7-10,12-13H,5-6,11,14H2,1-4H3. The lowest BCUT2D eigenvalue weighted by atomic mass is 10.1. The second kappa shape index (κ2) is 9.39. The smallest absolute Gasteiger partial charge is 0.208 e. The summed E-state index contributed by atoms with van der Waals surface area (Å²) in [5.74, 6) is 0.928. The van der Waals surface area contributed by atoms with Crippen molar-refractivity contribution >= 4 is 28.1 Å². The molecule has 0 aliphatic rings. The van der Waals surface area contributed by atoms with Crippen LogP contribution in [0.3, 0.4) is 0 Å². The molecule has 0 atom stereocenters. The molecule has 0 amide bonds. The van der Waals surface area contributed by atoms with Gasteiger partial charge in [-0.05, 0) is 55.2 Å². The van der Waals surface area contributed by atoms with E-state index in [1.807, 2.05) is 18.2 Å². The average molecular weight is 416 g/mol. The van der Waals surface area contributed by atoms with Crippen LogP contribution >= 0.6 is 22.9 Å². The van der Waals surface area contributed by atoms with Gasteiger partial charge in [-0.1, -0.05) is 54.5 Å². The molecule has 6 heteroatoms. The van der Waals surface area contributed by atoms with Gasteiger partial charge in [-0.2, -0.15) is 0 Å². The summed E-state index contributed by atoms with van der Waals surface area (Å²) in [4.78, 5) is 2.27. The number of hydrogen-bond donors (Lipinski definition) is 0. The maximum absolute atomic E-state index is 6.38. The first-order valence-electron chi connectivity index (χ1n) is 9.51. The molecule has 0 spiro atoms. The molecule has 0 saturated carbocycles. The van der Waals surface area contributed by atoms with Gasteiger partial charge in [0.05, 0.1) is 7.11 Å². The topological polar surface area (TPSA) is 38.2 Å². The highest BCUT2D eigenvalue weighted by Crippen LogP contribution is 2.34. The van der Waals surface area contributed by atoms with Crippen molar-refractivity contribution in [2.75, 3.05) is 18.6 Å². The molecule has 3 rings (SSSR count). The van der Waals surface area contributed by atoms with Crippen molar-refractivity contribution in [3.63, 3.8) is 0 Å². The van der Waals surface area contributed by atoms with Crippen LogP contribution in [0.4, 0.5) is 5.13 Å². The predicted molar refractivity (Wildman–Crippen MR) is 119 cm³/mol. The maximum atomic E-state index is 6.38. The van der Waals surface area contributed by atoms with Gasteiger partial charge in [-0.25, -0.2) is 0 Å². The molecule has 0 aliphatic carbocycles. The first-order chi connectivity index (χ1) is 13.5. The highest BCUT2D eigenvalue weighted by atomic mass is 35.5. The SMILES string of the molecule is CCCCN(Cc1ccccc1Cl)c1nnc(-c2cc(C)c(OC)c(C)c2)s1. The summed E-state index contributed by atoms with van der Waals surface area (Å²) < 4.78 is 5.48. The second-order valence-electron chi connectivity index (χ2n) is 6.90. The number of methoxy groups -OCH3 is 1. The molecule has 0 saturated heterocycles. The molecule has 0 bridgehead atoms. The van der Waals surface area contributed by atoms with Crippen molar-refractivity contribution in [1.82, 2.24) is 10.2 Å². The third-order valence-electron chi connectivity index (χ3n) is 4.70. The third-order valence-corrected chi connectivity index (χ3v) is 6.10. The Morgan fingerprint density at radius 2 is 1.82 bits per heavy atom. The van der Waals surface area contributed by atoms with Crippen LogP contribution in [-0.2, 0) is 6.54 Å².